The molecule has 0 atom stereocenters. The van der Waals surface area contributed by atoms with E-state index in [9.17, 15) is 9.90 Å². The standard InChI is InChI=1S/C20H17NO4/c1-24-17-11-12-19(18(13-17)20(22)23)21-14-7-9-16(10-8-14)25-15-5-3-2-4-6-15/h2-13,21H,1H3,(H,22,23). The highest BCUT2D eigenvalue weighted by Gasteiger charge is 2.12. The van der Waals surface area contributed by atoms with Crippen LogP contribution in [0.5, 0.6) is 17.2 Å². The van der Waals surface area contributed by atoms with Gasteiger partial charge in [0.15, 0.2) is 0 Å². The van der Waals surface area contributed by atoms with Gasteiger partial charge in [-0.3, -0.25) is 0 Å². The number of nitrogens with one attached hydrogen (secondary N) is 1. The summed E-state index contributed by atoms with van der Waals surface area (Å²) in [7, 11) is 1.50. The summed E-state index contributed by atoms with van der Waals surface area (Å²) < 4.78 is 10.8. The van der Waals surface area contributed by atoms with E-state index in [0.29, 0.717) is 17.2 Å². The number of anilines is 2. The summed E-state index contributed by atoms with van der Waals surface area (Å²) in [4.78, 5) is 11.4. The molecule has 0 spiro atoms. The first-order valence-corrected chi connectivity index (χ1v) is 7.67. The molecule has 0 saturated carbocycles. The molecule has 5 nitrogen and oxygen atoms in total. The van der Waals surface area contributed by atoms with Crippen molar-refractivity contribution in [2.24, 2.45) is 0 Å². The van der Waals surface area contributed by atoms with E-state index in [4.69, 9.17) is 9.47 Å². The smallest absolute Gasteiger partial charge is 0.337 e. The minimum atomic E-state index is -1.02. The maximum absolute atomic E-state index is 11.4. The Bertz CT molecular complexity index is 861. The molecule has 126 valence electrons. The minimum Gasteiger partial charge on any atom is -0.497 e. The van der Waals surface area contributed by atoms with Crippen LogP contribution in [0, 0.1) is 0 Å². The van der Waals surface area contributed by atoms with Crippen LogP contribution >= 0.6 is 0 Å². The molecule has 0 amide bonds. The number of carboxylic acid groups (broad SMARTS) is 1. The topological polar surface area (TPSA) is 67.8 Å². The molecule has 5 heteroatoms. The van der Waals surface area contributed by atoms with Crippen LogP contribution in [0.2, 0.25) is 0 Å². The van der Waals surface area contributed by atoms with E-state index < -0.39 is 5.97 Å². The van der Waals surface area contributed by atoms with Gasteiger partial charge in [0.05, 0.1) is 18.4 Å². The molecule has 25 heavy (non-hydrogen) atoms. The molecule has 0 bridgehead atoms. The average molecular weight is 335 g/mol. The molecule has 0 aliphatic carbocycles. The van der Waals surface area contributed by atoms with Gasteiger partial charge >= 0.3 is 5.97 Å². The molecule has 0 radical (unpaired) electrons. The van der Waals surface area contributed by atoms with E-state index in [-0.39, 0.29) is 5.56 Å². The van der Waals surface area contributed by atoms with Gasteiger partial charge in [-0.15, -0.1) is 0 Å². The Morgan fingerprint density at radius 3 is 2.16 bits per heavy atom. The Kier molecular flexibility index (Phi) is 4.85. The van der Waals surface area contributed by atoms with Crippen molar-refractivity contribution in [3.05, 3.63) is 78.4 Å². The number of carbonyl (C=O) groups is 1. The summed E-state index contributed by atoms with van der Waals surface area (Å²) in [5, 5.41) is 12.5. The highest BCUT2D eigenvalue weighted by molar-refractivity contribution is 5.95. The van der Waals surface area contributed by atoms with Crippen molar-refractivity contribution in [1.82, 2.24) is 0 Å². The van der Waals surface area contributed by atoms with Crippen LogP contribution in [0.25, 0.3) is 0 Å². The SMILES string of the molecule is COc1ccc(Nc2ccc(Oc3ccccc3)cc2)c(C(=O)O)c1. The molecule has 0 saturated heterocycles. The molecule has 0 aliphatic rings. The van der Waals surface area contributed by atoms with Gasteiger partial charge in [0.1, 0.15) is 17.2 Å². The van der Waals surface area contributed by atoms with Gasteiger partial charge in [-0.25, -0.2) is 4.79 Å². The fourth-order valence-electron chi connectivity index (χ4n) is 2.32. The van der Waals surface area contributed by atoms with E-state index in [1.165, 1.54) is 13.2 Å². The third kappa shape index (κ3) is 4.09. The molecular weight excluding hydrogens is 318 g/mol. The van der Waals surface area contributed by atoms with Gasteiger partial charge < -0.3 is 19.9 Å². The highest BCUT2D eigenvalue weighted by Crippen LogP contribution is 2.27. The van der Waals surface area contributed by atoms with Crippen LogP contribution < -0.4 is 14.8 Å². The molecule has 3 aromatic carbocycles. The Morgan fingerprint density at radius 2 is 1.52 bits per heavy atom. The fraction of sp³-hybridized carbons (Fsp3) is 0.0500. The van der Waals surface area contributed by atoms with Gasteiger partial charge in [0.25, 0.3) is 0 Å². The number of aromatic carboxylic acids is 1. The maximum Gasteiger partial charge on any atom is 0.337 e. The van der Waals surface area contributed by atoms with Crippen molar-refractivity contribution < 1.29 is 19.4 Å². The lowest BCUT2D eigenvalue weighted by Crippen LogP contribution is -2.03. The normalized spacial score (nSPS) is 10.1. The number of carboxylic acids is 1. The van der Waals surface area contributed by atoms with Gasteiger partial charge in [-0.05, 0) is 54.6 Å². The molecule has 0 aliphatic heterocycles. The summed E-state index contributed by atoms with van der Waals surface area (Å²) in [6.45, 7) is 0. The van der Waals surface area contributed by atoms with Crippen molar-refractivity contribution in [1.29, 1.82) is 0 Å². The van der Waals surface area contributed by atoms with Gasteiger partial charge in [-0.2, -0.15) is 0 Å². The quantitative estimate of drug-likeness (QED) is 0.668. The molecular formula is C20H17NO4. The summed E-state index contributed by atoms with van der Waals surface area (Å²) in [5.41, 5.74) is 1.39. The zero-order valence-electron chi connectivity index (χ0n) is 13.6. The number of hydrogen-bond acceptors (Lipinski definition) is 4. The highest BCUT2D eigenvalue weighted by atomic mass is 16.5. The third-order valence-corrected chi connectivity index (χ3v) is 3.57. The van der Waals surface area contributed by atoms with Crippen molar-refractivity contribution in [2.45, 2.75) is 0 Å². The second kappa shape index (κ2) is 7.40. The molecule has 0 unspecified atom stereocenters. The summed E-state index contributed by atoms with van der Waals surface area (Å²) in [5.74, 6) is 0.927. The summed E-state index contributed by atoms with van der Waals surface area (Å²) in [6.07, 6.45) is 0. The second-order valence-corrected chi connectivity index (χ2v) is 5.28. The van der Waals surface area contributed by atoms with Crippen LogP contribution in [-0.2, 0) is 0 Å². The summed E-state index contributed by atoms with van der Waals surface area (Å²) >= 11 is 0. The average Bonchev–Trinajstić information content (AvgIpc) is 2.64. The predicted molar refractivity (Wildman–Crippen MR) is 96.2 cm³/mol. The second-order valence-electron chi connectivity index (χ2n) is 5.28. The van der Waals surface area contributed by atoms with Gasteiger partial charge in [0, 0.05) is 5.69 Å². The zero-order chi connectivity index (χ0) is 17.6. The Balaban J connectivity index is 1.76. The van der Waals surface area contributed by atoms with Crippen LogP contribution in [0.1, 0.15) is 10.4 Å². The molecule has 0 aromatic heterocycles. The summed E-state index contributed by atoms with van der Waals surface area (Å²) in [6, 6.07) is 21.7. The number of benzene rings is 3. The molecule has 0 heterocycles. The van der Waals surface area contributed by atoms with Crippen molar-refractivity contribution in [3.8, 4) is 17.2 Å². The van der Waals surface area contributed by atoms with E-state index in [1.807, 2.05) is 54.6 Å². The third-order valence-electron chi connectivity index (χ3n) is 3.57. The zero-order valence-corrected chi connectivity index (χ0v) is 13.6. The first-order valence-electron chi connectivity index (χ1n) is 7.67. The molecule has 3 aromatic rings. The lowest BCUT2D eigenvalue weighted by molar-refractivity contribution is 0.0697. The number of para-hydroxylation sites is 1. The largest absolute Gasteiger partial charge is 0.497 e. The van der Waals surface area contributed by atoms with Gasteiger partial charge in [-0.1, -0.05) is 18.2 Å². The lowest BCUT2D eigenvalue weighted by Gasteiger charge is -2.12. The Labute approximate surface area is 145 Å². The molecule has 2 N–H and O–H groups in total. The first kappa shape index (κ1) is 16.4. The van der Waals surface area contributed by atoms with Crippen molar-refractivity contribution in [3.63, 3.8) is 0 Å². The van der Waals surface area contributed by atoms with Crippen LogP contribution in [0.4, 0.5) is 11.4 Å². The maximum atomic E-state index is 11.4. The number of ether oxygens (including phenoxy) is 2. The lowest BCUT2D eigenvalue weighted by atomic mass is 10.1. The Morgan fingerprint density at radius 1 is 0.880 bits per heavy atom. The van der Waals surface area contributed by atoms with E-state index in [0.717, 1.165) is 11.4 Å². The van der Waals surface area contributed by atoms with Gasteiger partial charge in [0.2, 0.25) is 0 Å². The van der Waals surface area contributed by atoms with E-state index >= 15 is 0 Å². The minimum absolute atomic E-state index is 0.143. The van der Waals surface area contributed by atoms with Crippen molar-refractivity contribution in [2.75, 3.05) is 12.4 Å². The monoisotopic (exact) mass is 335 g/mol. The van der Waals surface area contributed by atoms with E-state index in [1.54, 1.807) is 12.1 Å². The Hall–Kier alpha value is -3.47. The van der Waals surface area contributed by atoms with E-state index in [2.05, 4.69) is 5.32 Å². The number of hydrogen-bond donors (Lipinski definition) is 2. The number of rotatable bonds is 6. The van der Waals surface area contributed by atoms with Crippen LogP contribution in [-0.4, -0.2) is 18.2 Å². The van der Waals surface area contributed by atoms with Crippen LogP contribution in [0.3, 0.4) is 0 Å². The predicted octanol–water partition coefficient (Wildman–Crippen LogP) is 4.93. The molecule has 0 fully saturated rings. The number of methoxy groups -OCH3 is 1. The van der Waals surface area contributed by atoms with Crippen molar-refractivity contribution >= 4 is 17.3 Å². The first-order chi connectivity index (χ1) is 12.2. The molecule has 3 rings (SSSR count). The fourth-order valence-corrected chi connectivity index (χ4v) is 2.32. The van der Waals surface area contributed by atoms with Crippen LogP contribution in [0.15, 0.2) is 72.8 Å².